The molecule has 0 saturated heterocycles. The van der Waals surface area contributed by atoms with Crippen molar-refractivity contribution in [1.82, 2.24) is 10.3 Å². The molecule has 1 aromatic carbocycles. The Kier molecular flexibility index (Phi) is 6.19. The van der Waals surface area contributed by atoms with Gasteiger partial charge in [0, 0.05) is 18.8 Å². The molecule has 0 fully saturated rings. The number of pyridine rings is 1. The Balaban J connectivity index is 1.78. The molecule has 0 bridgehead atoms. The van der Waals surface area contributed by atoms with Gasteiger partial charge in [0.25, 0.3) is 5.91 Å². The van der Waals surface area contributed by atoms with E-state index in [1.54, 1.807) is 36.5 Å². The van der Waals surface area contributed by atoms with E-state index >= 15 is 0 Å². The maximum absolute atomic E-state index is 11.5. The monoisotopic (exact) mass is 301 g/mol. The van der Waals surface area contributed by atoms with E-state index in [0.717, 1.165) is 6.42 Å². The summed E-state index contributed by atoms with van der Waals surface area (Å²) in [6.07, 6.45) is 2.42. The number of hydrogen-bond donors (Lipinski definition) is 2. The van der Waals surface area contributed by atoms with E-state index in [-0.39, 0.29) is 12.5 Å². The maximum atomic E-state index is 11.5. The number of hydrogen-bond acceptors (Lipinski definition) is 5. The Bertz CT molecular complexity index is 573. The highest BCUT2D eigenvalue weighted by molar-refractivity contribution is 5.77. The summed E-state index contributed by atoms with van der Waals surface area (Å²) in [5, 5.41) is 2.72. The van der Waals surface area contributed by atoms with Crippen LogP contribution in [0.2, 0.25) is 0 Å². The molecule has 0 aliphatic rings. The zero-order valence-electron chi connectivity index (χ0n) is 12.2. The van der Waals surface area contributed by atoms with Crippen molar-refractivity contribution in [2.45, 2.75) is 6.42 Å². The molecule has 3 N–H and O–H groups in total. The van der Waals surface area contributed by atoms with Gasteiger partial charge in [-0.2, -0.15) is 0 Å². The highest BCUT2D eigenvalue weighted by Crippen LogP contribution is 2.21. The van der Waals surface area contributed by atoms with Crippen LogP contribution >= 0.6 is 0 Å². The zero-order valence-corrected chi connectivity index (χ0v) is 12.2. The number of ether oxygens (including phenoxy) is 2. The summed E-state index contributed by atoms with van der Waals surface area (Å²) in [7, 11) is 0. The molecule has 0 unspecified atom stereocenters. The van der Waals surface area contributed by atoms with Gasteiger partial charge in [-0.25, -0.2) is 4.98 Å². The van der Waals surface area contributed by atoms with Crippen LogP contribution in [0.25, 0.3) is 0 Å². The molecule has 2 aromatic rings. The number of nitrogens with zero attached hydrogens (tertiary/aromatic N) is 1. The smallest absolute Gasteiger partial charge is 0.257 e. The van der Waals surface area contributed by atoms with Crippen molar-refractivity contribution in [3.05, 3.63) is 48.7 Å². The molecular weight excluding hydrogens is 282 g/mol. The van der Waals surface area contributed by atoms with Crippen molar-refractivity contribution in [2.75, 3.05) is 19.7 Å². The van der Waals surface area contributed by atoms with E-state index < -0.39 is 0 Å². The molecule has 0 radical (unpaired) electrons. The fraction of sp³-hybridized carbons (Fsp3) is 0.250. The summed E-state index contributed by atoms with van der Waals surface area (Å²) < 4.78 is 11.0. The molecule has 1 amide bonds. The second-order valence-electron chi connectivity index (χ2n) is 4.52. The van der Waals surface area contributed by atoms with E-state index in [4.69, 9.17) is 15.2 Å². The van der Waals surface area contributed by atoms with Crippen molar-refractivity contribution in [1.29, 1.82) is 0 Å². The summed E-state index contributed by atoms with van der Waals surface area (Å²) >= 11 is 0. The van der Waals surface area contributed by atoms with Gasteiger partial charge in [0.05, 0.1) is 0 Å². The Labute approximate surface area is 129 Å². The van der Waals surface area contributed by atoms with Gasteiger partial charge in [-0.05, 0) is 43.3 Å². The SMILES string of the molecule is NCCCNC(=O)COc1ccc(Oc2ccccn2)cc1. The average Bonchev–Trinajstić information content (AvgIpc) is 2.55. The largest absolute Gasteiger partial charge is 0.484 e. The van der Waals surface area contributed by atoms with Crippen LogP contribution in [0.5, 0.6) is 17.4 Å². The lowest BCUT2D eigenvalue weighted by atomic mass is 10.3. The number of carbonyl (C=O) groups excluding carboxylic acids is 1. The van der Waals surface area contributed by atoms with Crippen molar-refractivity contribution in [3.8, 4) is 17.4 Å². The minimum atomic E-state index is -0.165. The summed E-state index contributed by atoms with van der Waals surface area (Å²) in [6, 6.07) is 12.4. The number of aromatic nitrogens is 1. The van der Waals surface area contributed by atoms with Crippen LogP contribution in [0.1, 0.15) is 6.42 Å². The summed E-state index contributed by atoms with van der Waals surface area (Å²) in [5.74, 6) is 1.61. The van der Waals surface area contributed by atoms with E-state index in [0.29, 0.717) is 30.5 Å². The molecule has 116 valence electrons. The third-order valence-electron chi connectivity index (χ3n) is 2.76. The van der Waals surface area contributed by atoms with Crippen LogP contribution in [0.3, 0.4) is 0 Å². The van der Waals surface area contributed by atoms with Gasteiger partial charge >= 0.3 is 0 Å². The molecule has 6 heteroatoms. The minimum Gasteiger partial charge on any atom is -0.484 e. The van der Waals surface area contributed by atoms with Crippen molar-refractivity contribution < 1.29 is 14.3 Å². The molecule has 0 spiro atoms. The second kappa shape index (κ2) is 8.63. The molecule has 0 aliphatic heterocycles. The fourth-order valence-electron chi connectivity index (χ4n) is 1.66. The molecule has 2 rings (SSSR count). The predicted molar refractivity (Wildman–Crippen MR) is 82.9 cm³/mol. The molecule has 0 atom stereocenters. The fourth-order valence-corrected chi connectivity index (χ4v) is 1.66. The first-order valence-corrected chi connectivity index (χ1v) is 7.06. The second-order valence-corrected chi connectivity index (χ2v) is 4.52. The quantitative estimate of drug-likeness (QED) is 0.725. The average molecular weight is 301 g/mol. The van der Waals surface area contributed by atoms with Crippen molar-refractivity contribution in [2.24, 2.45) is 5.73 Å². The van der Waals surface area contributed by atoms with E-state index in [2.05, 4.69) is 10.3 Å². The van der Waals surface area contributed by atoms with E-state index in [1.165, 1.54) is 0 Å². The van der Waals surface area contributed by atoms with Crippen LogP contribution in [-0.2, 0) is 4.79 Å². The number of carbonyl (C=O) groups is 1. The highest BCUT2D eigenvalue weighted by atomic mass is 16.5. The predicted octanol–water partition coefficient (Wildman–Crippen LogP) is 1.72. The third-order valence-corrected chi connectivity index (χ3v) is 2.76. The first-order chi connectivity index (χ1) is 10.8. The first-order valence-electron chi connectivity index (χ1n) is 7.06. The lowest BCUT2D eigenvalue weighted by Crippen LogP contribution is -2.30. The van der Waals surface area contributed by atoms with E-state index in [1.807, 2.05) is 12.1 Å². The summed E-state index contributed by atoms with van der Waals surface area (Å²) in [5.41, 5.74) is 5.35. The molecule has 1 aromatic heterocycles. The van der Waals surface area contributed by atoms with Crippen LogP contribution in [0.15, 0.2) is 48.7 Å². The number of nitrogens with one attached hydrogen (secondary N) is 1. The van der Waals surface area contributed by atoms with Crippen molar-refractivity contribution in [3.63, 3.8) is 0 Å². The van der Waals surface area contributed by atoms with Crippen LogP contribution < -0.4 is 20.5 Å². The number of benzene rings is 1. The number of amides is 1. The topological polar surface area (TPSA) is 86.5 Å². The molecule has 1 heterocycles. The normalized spacial score (nSPS) is 10.0. The summed E-state index contributed by atoms with van der Waals surface area (Å²) in [4.78, 5) is 15.6. The Morgan fingerprint density at radius 3 is 2.59 bits per heavy atom. The number of nitrogens with two attached hydrogens (primary N) is 1. The Morgan fingerprint density at radius 2 is 1.91 bits per heavy atom. The Morgan fingerprint density at radius 1 is 1.14 bits per heavy atom. The molecule has 22 heavy (non-hydrogen) atoms. The lowest BCUT2D eigenvalue weighted by Gasteiger charge is -2.08. The minimum absolute atomic E-state index is 0.0228. The first kappa shape index (κ1) is 15.8. The molecule has 6 nitrogen and oxygen atoms in total. The molecule has 0 aliphatic carbocycles. The van der Waals surface area contributed by atoms with Gasteiger partial charge in [0.2, 0.25) is 5.88 Å². The van der Waals surface area contributed by atoms with Gasteiger partial charge < -0.3 is 20.5 Å². The number of rotatable bonds is 8. The zero-order chi connectivity index (χ0) is 15.6. The Hall–Kier alpha value is -2.60. The van der Waals surface area contributed by atoms with Crippen LogP contribution in [0, 0.1) is 0 Å². The van der Waals surface area contributed by atoms with Crippen LogP contribution in [-0.4, -0.2) is 30.6 Å². The maximum Gasteiger partial charge on any atom is 0.257 e. The van der Waals surface area contributed by atoms with Gasteiger partial charge in [-0.3, -0.25) is 4.79 Å². The van der Waals surface area contributed by atoms with Crippen molar-refractivity contribution >= 4 is 5.91 Å². The third kappa shape index (κ3) is 5.41. The standard InChI is InChI=1S/C16H19N3O3/c17-9-3-11-18-15(20)12-21-13-5-7-14(8-6-13)22-16-4-1-2-10-19-16/h1-2,4-8,10H,3,9,11-12,17H2,(H,18,20). The van der Waals surface area contributed by atoms with Gasteiger partial charge in [0.1, 0.15) is 11.5 Å². The summed E-state index contributed by atoms with van der Waals surface area (Å²) in [6.45, 7) is 1.10. The van der Waals surface area contributed by atoms with E-state index in [9.17, 15) is 4.79 Å². The van der Waals surface area contributed by atoms with Gasteiger partial charge in [-0.1, -0.05) is 6.07 Å². The molecule has 0 saturated carbocycles. The van der Waals surface area contributed by atoms with Crippen LogP contribution in [0.4, 0.5) is 0 Å². The highest BCUT2D eigenvalue weighted by Gasteiger charge is 2.03. The van der Waals surface area contributed by atoms with Gasteiger partial charge in [0.15, 0.2) is 6.61 Å². The lowest BCUT2D eigenvalue weighted by molar-refractivity contribution is -0.123. The molecular formula is C16H19N3O3. The van der Waals surface area contributed by atoms with Gasteiger partial charge in [-0.15, -0.1) is 0 Å².